The molecule has 1 aromatic heterocycles. The number of hydrogen-bond donors (Lipinski definition) is 2. The quantitative estimate of drug-likeness (QED) is 0.658. The summed E-state index contributed by atoms with van der Waals surface area (Å²) in [6, 6.07) is 18.9. The lowest BCUT2D eigenvalue weighted by atomic mass is 10.2. The van der Waals surface area contributed by atoms with Crippen LogP contribution in [0.4, 0.5) is 0 Å². The maximum absolute atomic E-state index is 12.4. The minimum absolute atomic E-state index is 0.103. The fraction of sp³-hybridized carbons (Fsp3) is 0.100. The third-order valence-electron chi connectivity index (χ3n) is 3.91. The normalized spacial score (nSPS) is 11.1. The monoisotopic (exact) mass is 381 g/mol. The Kier molecular flexibility index (Phi) is 5.95. The van der Waals surface area contributed by atoms with E-state index in [-0.39, 0.29) is 17.3 Å². The summed E-state index contributed by atoms with van der Waals surface area (Å²) in [6.07, 6.45) is 3.22. The van der Waals surface area contributed by atoms with Crippen molar-refractivity contribution in [1.29, 1.82) is 0 Å². The summed E-state index contributed by atoms with van der Waals surface area (Å²) in [7, 11) is -3.67. The molecule has 3 aromatic rings. The van der Waals surface area contributed by atoms with E-state index in [0.29, 0.717) is 12.1 Å². The number of hydrogen-bond acceptors (Lipinski definition) is 4. The highest BCUT2D eigenvalue weighted by Gasteiger charge is 2.15. The second-order valence-electron chi connectivity index (χ2n) is 5.88. The summed E-state index contributed by atoms with van der Waals surface area (Å²) in [4.78, 5) is 16.3. The van der Waals surface area contributed by atoms with E-state index in [1.165, 1.54) is 24.3 Å². The molecule has 0 saturated carbocycles. The third-order valence-corrected chi connectivity index (χ3v) is 5.33. The van der Waals surface area contributed by atoms with Crippen molar-refractivity contribution < 1.29 is 13.2 Å². The SMILES string of the molecule is O=C(NCc1ccccc1)c1ccc(S(=O)(=O)NCc2cccnc2)cc1. The molecule has 0 aliphatic heterocycles. The first-order valence-corrected chi connectivity index (χ1v) is 9.84. The molecule has 1 amide bonds. The van der Waals surface area contributed by atoms with Gasteiger partial charge in [-0.2, -0.15) is 0 Å². The molecule has 0 aliphatic carbocycles. The van der Waals surface area contributed by atoms with Gasteiger partial charge in [0.1, 0.15) is 0 Å². The zero-order chi connectivity index (χ0) is 19.1. The summed E-state index contributed by atoms with van der Waals surface area (Å²) in [5, 5.41) is 2.81. The van der Waals surface area contributed by atoms with Gasteiger partial charge in [0.05, 0.1) is 4.90 Å². The highest BCUT2D eigenvalue weighted by molar-refractivity contribution is 7.89. The van der Waals surface area contributed by atoms with Gasteiger partial charge in [0.25, 0.3) is 5.91 Å². The van der Waals surface area contributed by atoms with Gasteiger partial charge < -0.3 is 5.32 Å². The molecule has 0 spiro atoms. The second kappa shape index (κ2) is 8.57. The molecule has 2 N–H and O–H groups in total. The van der Waals surface area contributed by atoms with Gasteiger partial charge in [-0.25, -0.2) is 13.1 Å². The zero-order valence-corrected chi connectivity index (χ0v) is 15.3. The van der Waals surface area contributed by atoms with Gasteiger partial charge in [0.15, 0.2) is 0 Å². The Bertz CT molecular complexity index is 990. The first-order valence-electron chi connectivity index (χ1n) is 8.35. The molecule has 0 fully saturated rings. The number of nitrogens with one attached hydrogen (secondary N) is 2. The number of pyridine rings is 1. The van der Waals surface area contributed by atoms with E-state index in [1.54, 1.807) is 24.5 Å². The molecule has 3 rings (SSSR count). The van der Waals surface area contributed by atoms with E-state index in [4.69, 9.17) is 0 Å². The van der Waals surface area contributed by atoms with E-state index >= 15 is 0 Å². The average molecular weight is 381 g/mol. The smallest absolute Gasteiger partial charge is 0.251 e. The largest absolute Gasteiger partial charge is 0.348 e. The van der Waals surface area contributed by atoms with Crippen LogP contribution < -0.4 is 10.0 Å². The zero-order valence-electron chi connectivity index (χ0n) is 14.5. The number of aromatic nitrogens is 1. The lowest BCUT2D eigenvalue weighted by Gasteiger charge is -2.08. The minimum atomic E-state index is -3.67. The molecule has 0 saturated heterocycles. The summed E-state index contributed by atoms with van der Waals surface area (Å²) >= 11 is 0. The van der Waals surface area contributed by atoms with Crippen LogP contribution >= 0.6 is 0 Å². The molecule has 0 radical (unpaired) electrons. The molecule has 1 heterocycles. The van der Waals surface area contributed by atoms with Crippen molar-refractivity contribution >= 4 is 15.9 Å². The molecule has 27 heavy (non-hydrogen) atoms. The Morgan fingerprint density at radius 1 is 0.852 bits per heavy atom. The molecular weight excluding hydrogens is 362 g/mol. The number of carbonyl (C=O) groups is 1. The molecule has 0 bridgehead atoms. The molecule has 0 unspecified atom stereocenters. The van der Waals surface area contributed by atoms with E-state index in [9.17, 15) is 13.2 Å². The Hall–Kier alpha value is -3.03. The van der Waals surface area contributed by atoms with Crippen molar-refractivity contribution in [1.82, 2.24) is 15.0 Å². The Morgan fingerprint density at radius 2 is 1.56 bits per heavy atom. The highest BCUT2D eigenvalue weighted by atomic mass is 32.2. The first kappa shape index (κ1) is 18.8. The first-order chi connectivity index (χ1) is 13.0. The number of carbonyl (C=O) groups excluding carboxylic acids is 1. The Labute approximate surface area is 158 Å². The summed E-state index contributed by atoms with van der Waals surface area (Å²) in [5.41, 5.74) is 2.15. The lowest BCUT2D eigenvalue weighted by molar-refractivity contribution is 0.0951. The molecule has 2 aromatic carbocycles. The van der Waals surface area contributed by atoms with Crippen LogP contribution in [-0.4, -0.2) is 19.3 Å². The number of benzene rings is 2. The Morgan fingerprint density at radius 3 is 2.22 bits per heavy atom. The molecule has 138 valence electrons. The van der Waals surface area contributed by atoms with Crippen LogP contribution in [0.25, 0.3) is 0 Å². The maximum Gasteiger partial charge on any atom is 0.251 e. The van der Waals surface area contributed by atoms with E-state index in [0.717, 1.165) is 11.1 Å². The van der Waals surface area contributed by atoms with Crippen molar-refractivity contribution in [3.8, 4) is 0 Å². The highest BCUT2D eigenvalue weighted by Crippen LogP contribution is 2.12. The molecule has 6 nitrogen and oxygen atoms in total. The van der Waals surface area contributed by atoms with Crippen LogP contribution in [0.5, 0.6) is 0 Å². The van der Waals surface area contributed by atoms with Gasteiger partial charge in [-0.3, -0.25) is 9.78 Å². The van der Waals surface area contributed by atoms with Crippen LogP contribution in [0.1, 0.15) is 21.5 Å². The average Bonchev–Trinajstić information content (AvgIpc) is 2.72. The van der Waals surface area contributed by atoms with Crippen molar-refractivity contribution in [2.24, 2.45) is 0 Å². The molecule has 0 atom stereocenters. The number of sulfonamides is 1. The standard InChI is InChI=1S/C20H19N3O3S/c24-20(22-14-16-5-2-1-3-6-16)18-8-10-19(11-9-18)27(25,26)23-15-17-7-4-12-21-13-17/h1-13,23H,14-15H2,(H,22,24). The van der Waals surface area contributed by atoms with Gasteiger partial charge in [0, 0.05) is 31.0 Å². The second-order valence-corrected chi connectivity index (χ2v) is 7.65. The fourth-order valence-electron chi connectivity index (χ4n) is 2.43. The van der Waals surface area contributed by atoms with Crippen LogP contribution in [0.15, 0.2) is 84.0 Å². The number of nitrogens with zero attached hydrogens (tertiary/aromatic N) is 1. The predicted octanol–water partition coefficient (Wildman–Crippen LogP) is 2.49. The van der Waals surface area contributed by atoms with Gasteiger partial charge in [-0.05, 0) is 41.5 Å². The van der Waals surface area contributed by atoms with Crippen LogP contribution in [-0.2, 0) is 23.1 Å². The van der Waals surface area contributed by atoms with Crippen molar-refractivity contribution in [2.45, 2.75) is 18.0 Å². The Balaban J connectivity index is 1.61. The maximum atomic E-state index is 12.4. The minimum Gasteiger partial charge on any atom is -0.348 e. The van der Waals surface area contributed by atoms with Gasteiger partial charge in [-0.1, -0.05) is 36.4 Å². The topological polar surface area (TPSA) is 88.2 Å². The summed E-state index contributed by atoms with van der Waals surface area (Å²) < 4.78 is 27.2. The van der Waals surface area contributed by atoms with E-state index in [1.807, 2.05) is 30.3 Å². The van der Waals surface area contributed by atoms with Crippen molar-refractivity contribution in [2.75, 3.05) is 0 Å². The number of rotatable bonds is 7. The van der Waals surface area contributed by atoms with E-state index < -0.39 is 10.0 Å². The van der Waals surface area contributed by atoms with Crippen LogP contribution in [0, 0.1) is 0 Å². The molecular formula is C20H19N3O3S. The van der Waals surface area contributed by atoms with E-state index in [2.05, 4.69) is 15.0 Å². The lowest BCUT2D eigenvalue weighted by Crippen LogP contribution is -2.24. The summed E-state index contributed by atoms with van der Waals surface area (Å²) in [6.45, 7) is 0.557. The predicted molar refractivity (Wildman–Crippen MR) is 102 cm³/mol. The third kappa shape index (κ3) is 5.22. The fourth-order valence-corrected chi connectivity index (χ4v) is 3.45. The van der Waals surface area contributed by atoms with Crippen molar-refractivity contribution in [3.05, 3.63) is 95.8 Å². The van der Waals surface area contributed by atoms with Crippen LogP contribution in [0.3, 0.4) is 0 Å². The van der Waals surface area contributed by atoms with Gasteiger partial charge >= 0.3 is 0 Å². The number of amides is 1. The molecule has 7 heteroatoms. The van der Waals surface area contributed by atoms with Crippen LogP contribution in [0.2, 0.25) is 0 Å². The van der Waals surface area contributed by atoms with Crippen molar-refractivity contribution in [3.63, 3.8) is 0 Å². The van der Waals surface area contributed by atoms with Gasteiger partial charge in [0.2, 0.25) is 10.0 Å². The summed E-state index contributed by atoms with van der Waals surface area (Å²) in [5.74, 6) is -0.258. The van der Waals surface area contributed by atoms with Gasteiger partial charge in [-0.15, -0.1) is 0 Å². The molecule has 0 aliphatic rings.